The third kappa shape index (κ3) is 3.41. The van der Waals surface area contributed by atoms with E-state index in [1.807, 2.05) is 0 Å². The average molecular weight is 351 g/mol. The average Bonchev–Trinajstić information content (AvgIpc) is 2.36. The third-order valence-corrected chi connectivity index (χ3v) is 4.10. The molecule has 0 aromatic heterocycles. The van der Waals surface area contributed by atoms with Gasteiger partial charge in [0.05, 0.1) is 13.2 Å². The molecule has 1 rings (SSSR count). The highest BCUT2D eigenvalue weighted by Gasteiger charge is 2.56. The van der Waals surface area contributed by atoms with Gasteiger partial charge in [-0.05, 0) is 6.92 Å². The van der Waals surface area contributed by atoms with Gasteiger partial charge in [0.2, 0.25) is 5.60 Å². The molecule has 1 aliphatic heterocycles. The first-order valence-corrected chi connectivity index (χ1v) is 7.09. The normalized spacial score (nSPS) is 24.8. The Balaban J connectivity index is 3.10. The van der Waals surface area contributed by atoms with Gasteiger partial charge in [-0.25, -0.2) is 9.59 Å². The topological polar surface area (TPSA) is 130 Å². The number of rotatable bonds is 4. The highest BCUT2D eigenvalue weighted by Crippen LogP contribution is 2.31. The summed E-state index contributed by atoms with van der Waals surface area (Å²) in [6.45, 7) is -0.809. The van der Waals surface area contributed by atoms with Crippen LogP contribution in [0, 0.1) is 0 Å². The van der Waals surface area contributed by atoms with E-state index in [9.17, 15) is 31.2 Å². The van der Waals surface area contributed by atoms with Crippen LogP contribution in [-0.2, 0) is 23.8 Å². The van der Waals surface area contributed by atoms with Crippen LogP contribution < -0.4 is 0 Å². The molecule has 0 saturated carbocycles. The fourth-order valence-corrected chi connectivity index (χ4v) is 2.43. The second-order valence-electron chi connectivity index (χ2n) is 4.39. The quantitative estimate of drug-likeness (QED) is 0.538. The van der Waals surface area contributed by atoms with Gasteiger partial charge in [0, 0.05) is 6.54 Å². The Morgan fingerprint density at radius 3 is 2.32 bits per heavy atom. The van der Waals surface area contributed by atoms with E-state index < -0.39 is 52.5 Å². The summed E-state index contributed by atoms with van der Waals surface area (Å²) in [7, 11) is -6.06. The molecular formula is C9H12F3NO8S. The molecule has 1 aliphatic rings. The lowest BCUT2D eigenvalue weighted by molar-refractivity contribution is -0.192. The molecule has 0 aliphatic carbocycles. The minimum Gasteiger partial charge on any atom is -0.479 e. The summed E-state index contributed by atoms with van der Waals surface area (Å²) in [5.41, 5.74) is -8.32. The van der Waals surface area contributed by atoms with E-state index in [2.05, 4.69) is 4.18 Å². The van der Waals surface area contributed by atoms with Crippen LogP contribution in [-0.4, -0.2) is 72.5 Å². The Kier molecular flexibility index (Phi) is 4.94. The molecule has 2 N–H and O–H groups in total. The van der Waals surface area contributed by atoms with Gasteiger partial charge in [-0.3, -0.25) is 4.18 Å². The molecule has 2 unspecified atom stereocenters. The maximum atomic E-state index is 12.3. The van der Waals surface area contributed by atoms with Gasteiger partial charge in [0.25, 0.3) is 0 Å². The summed E-state index contributed by atoms with van der Waals surface area (Å²) in [4.78, 5) is 22.8. The smallest absolute Gasteiger partial charge is 0.479 e. The molecule has 0 radical (unpaired) electrons. The van der Waals surface area contributed by atoms with Crippen molar-refractivity contribution < 1.29 is 50.3 Å². The van der Waals surface area contributed by atoms with Crippen molar-refractivity contribution in [2.75, 3.05) is 19.7 Å². The van der Waals surface area contributed by atoms with Crippen molar-refractivity contribution in [3.05, 3.63) is 0 Å². The molecule has 1 heterocycles. The summed E-state index contributed by atoms with van der Waals surface area (Å²) in [5, 5.41) is 18.0. The molecule has 128 valence electrons. The van der Waals surface area contributed by atoms with Gasteiger partial charge in [0.15, 0.2) is 0 Å². The lowest BCUT2D eigenvalue weighted by Gasteiger charge is -2.41. The lowest BCUT2D eigenvalue weighted by Crippen LogP contribution is -2.63. The van der Waals surface area contributed by atoms with Crippen LogP contribution in [0.25, 0.3) is 0 Å². The predicted octanol–water partition coefficient (Wildman–Crippen LogP) is 0.0747. The van der Waals surface area contributed by atoms with Crippen molar-refractivity contribution in [1.29, 1.82) is 0 Å². The molecule has 0 aromatic carbocycles. The second kappa shape index (κ2) is 5.89. The highest BCUT2D eigenvalue weighted by atomic mass is 32.2. The van der Waals surface area contributed by atoms with Crippen molar-refractivity contribution in [2.45, 2.75) is 24.1 Å². The van der Waals surface area contributed by atoms with Crippen LogP contribution in [0.5, 0.6) is 0 Å². The van der Waals surface area contributed by atoms with Crippen LogP contribution in [0.1, 0.15) is 6.92 Å². The van der Waals surface area contributed by atoms with Gasteiger partial charge in [0.1, 0.15) is 6.10 Å². The van der Waals surface area contributed by atoms with Gasteiger partial charge in [-0.2, -0.15) is 21.6 Å². The number of hydrogen-bond donors (Lipinski definition) is 2. The van der Waals surface area contributed by atoms with Gasteiger partial charge < -0.3 is 19.8 Å². The molecule has 13 heteroatoms. The van der Waals surface area contributed by atoms with Crippen LogP contribution in [0.15, 0.2) is 0 Å². The van der Waals surface area contributed by atoms with Gasteiger partial charge >= 0.3 is 27.7 Å². The zero-order valence-corrected chi connectivity index (χ0v) is 11.8. The molecular weight excluding hydrogens is 339 g/mol. The van der Waals surface area contributed by atoms with E-state index in [1.165, 1.54) is 0 Å². The fourth-order valence-electron chi connectivity index (χ4n) is 1.78. The van der Waals surface area contributed by atoms with Crippen molar-refractivity contribution in [3.63, 3.8) is 0 Å². The van der Waals surface area contributed by atoms with E-state index in [-0.39, 0.29) is 6.54 Å². The van der Waals surface area contributed by atoms with E-state index in [0.29, 0.717) is 4.90 Å². The number of amides is 1. The molecule has 22 heavy (non-hydrogen) atoms. The number of ether oxygens (including phenoxy) is 1. The first kappa shape index (κ1) is 18.4. The summed E-state index contributed by atoms with van der Waals surface area (Å²) in [6, 6.07) is 0. The summed E-state index contributed by atoms with van der Waals surface area (Å²) in [6.07, 6.45) is -3.64. The number of carbonyl (C=O) groups is 2. The van der Waals surface area contributed by atoms with E-state index in [4.69, 9.17) is 14.9 Å². The Hall–Kier alpha value is -1.60. The predicted molar refractivity (Wildman–Crippen MR) is 61.4 cm³/mol. The fraction of sp³-hybridized carbons (Fsp3) is 0.778. The maximum absolute atomic E-state index is 12.3. The molecule has 0 bridgehead atoms. The molecule has 0 aromatic rings. The number of nitrogens with zero attached hydrogens (tertiary/aromatic N) is 1. The first-order chi connectivity index (χ1) is 9.83. The Bertz CT molecular complexity index is 562. The zero-order chi connectivity index (χ0) is 17.3. The maximum Gasteiger partial charge on any atom is 0.523 e. The largest absolute Gasteiger partial charge is 0.523 e. The van der Waals surface area contributed by atoms with E-state index in [0.717, 1.165) is 6.92 Å². The number of aliphatic carboxylic acids is 1. The van der Waals surface area contributed by atoms with Crippen molar-refractivity contribution in [1.82, 2.24) is 4.90 Å². The van der Waals surface area contributed by atoms with Crippen LogP contribution >= 0.6 is 0 Å². The highest BCUT2D eigenvalue weighted by molar-refractivity contribution is 7.87. The Morgan fingerprint density at radius 2 is 1.91 bits per heavy atom. The summed E-state index contributed by atoms with van der Waals surface area (Å²) in [5.74, 6) is -1.84. The minimum absolute atomic E-state index is 0.219. The monoisotopic (exact) mass is 351 g/mol. The van der Waals surface area contributed by atoms with E-state index >= 15 is 0 Å². The molecule has 1 amide bonds. The summed E-state index contributed by atoms with van der Waals surface area (Å²) >= 11 is 0. The number of carboxylic acid groups (broad SMARTS) is 2. The SMILES string of the molecule is CC(OS(=O)(=O)C(F)(F)F)C1(C(=O)O)CN(C(=O)O)CCO1. The second-order valence-corrected chi connectivity index (χ2v) is 5.95. The molecule has 0 spiro atoms. The third-order valence-electron chi connectivity index (χ3n) is 2.99. The standard InChI is InChI=1S/C9H12F3NO8S/c1-5(21-22(18,19)9(10,11)12)8(6(14)15)4-13(7(16)17)2-3-20-8/h5H,2-4H2,1H3,(H,14,15)(H,16,17). The first-order valence-electron chi connectivity index (χ1n) is 5.68. The molecule has 2 atom stereocenters. The van der Waals surface area contributed by atoms with Crippen LogP contribution in [0.4, 0.5) is 18.0 Å². The number of hydrogen-bond acceptors (Lipinski definition) is 6. The molecule has 1 saturated heterocycles. The molecule has 1 fully saturated rings. The number of alkyl halides is 3. The number of halogens is 3. The lowest BCUT2D eigenvalue weighted by atomic mass is 9.95. The Morgan fingerprint density at radius 1 is 1.36 bits per heavy atom. The van der Waals surface area contributed by atoms with Crippen LogP contribution in [0.3, 0.4) is 0 Å². The summed E-state index contributed by atoms with van der Waals surface area (Å²) < 4.78 is 67.5. The van der Waals surface area contributed by atoms with Crippen molar-refractivity contribution in [3.8, 4) is 0 Å². The molecule has 9 nitrogen and oxygen atoms in total. The van der Waals surface area contributed by atoms with Gasteiger partial charge in [-0.1, -0.05) is 0 Å². The number of carboxylic acids is 1. The van der Waals surface area contributed by atoms with Crippen molar-refractivity contribution in [2.24, 2.45) is 0 Å². The Labute approximate surface area is 122 Å². The minimum atomic E-state index is -6.06. The van der Waals surface area contributed by atoms with Gasteiger partial charge in [-0.15, -0.1) is 0 Å². The van der Waals surface area contributed by atoms with E-state index in [1.54, 1.807) is 0 Å². The van der Waals surface area contributed by atoms with Crippen molar-refractivity contribution >= 4 is 22.2 Å². The number of morpholine rings is 1. The van der Waals surface area contributed by atoms with Crippen LogP contribution in [0.2, 0.25) is 0 Å². The zero-order valence-electron chi connectivity index (χ0n) is 11.0.